The van der Waals surface area contributed by atoms with Gasteiger partial charge in [0.05, 0.1) is 20.3 Å². The highest BCUT2D eigenvalue weighted by atomic mass is 16.5. The molecule has 0 heterocycles. The molecule has 120 valence electrons. The van der Waals surface area contributed by atoms with E-state index in [-0.39, 0.29) is 12.2 Å². The molecule has 0 unspecified atom stereocenters. The summed E-state index contributed by atoms with van der Waals surface area (Å²) in [7, 11) is 1.16. The van der Waals surface area contributed by atoms with Gasteiger partial charge >= 0.3 is 12.1 Å². The van der Waals surface area contributed by atoms with E-state index in [0.29, 0.717) is 5.69 Å². The maximum atomic E-state index is 11.9. The molecule has 0 aromatic heterocycles. The Balaban J connectivity index is 2.67. The van der Waals surface area contributed by atoms with Crippen LogP contribution in [0.2, 0.25) is 0 Å². The van der Waals surface area contributed by atoms with Crippen LogP contribution in [-0.2, 0) is 14.3 Å². The van der Waals surface area contributed by atoms with Crippen LogP contribution in [0, 0.1) is 0 Å². The zero-order valence-corrected chi connectivity index (χ0v) is 12.3. The number of amides is 2. The maximum absolute atomic E-state index is 11.9. The summed E-state index contributed by atoms with van der Waals surface area (Å²) in [5, 5.41) is 13.9. The Kier molecular flexibility index (Phi) is 6.84. The number of hydrogen-bond acceptors (Lipinski definition) is 6. The average molecular weight is 310 g/mol. The molecule has 0 aliphatic heterocycles. The molecule has 8 heteroatoms. The lowest BCUT2D eigenvalue weighted by Gasteiger charge is -2.14. The normalized spacial score (nSPS) is 11.2. The van der Waals surface area contributed by atoms with Crippen molar-refractivity contribution in [1.29, 1.82) is 0 Å². The molecule has 1 rings (SSSR count). The van der Waals surface area contributed by atoms with Crippen LogP contribution in [0.1, 0.15) is 17.3 Å². The highest BCUT2D eigenvalue weighted by molar-refractivity contribution is 5.97. The number of ether oxygens (including phenoxy) is 2. The maximum Gasteiger partial charge on any atom is 0.411 e. The number of nitrogens with one attached hydrogen (secondary N) is 2. The molecule has 1 atom stereocenters. The van der Waals surface area contributed by atoms with Crippen LogP contribution in [0.3, 0.4) is 0 Å². The summed E-state index contributed by atoms with van der Waals surface area (Å²) in [5.41, 5.74) is 0.721. The monoisotopic (exact) mass is 310 g/mol. The van der Waals surface area contributed by atoms with E-state index in [1.165, 1.54) is 24.3 Å². The van der Waals surface area contributed by atoms with Crippen molar-refractivity contribution in [3.63, 3.8) is 0 Å². The van der Waals surface area contributed by atoms with Gasteiger partial charge in [0.15, 0.2) is 6.04 Å². The topological polar surface area (TPSA) is 114 Å². The number of benzene rings is 1. The van der Waals surface area contributed by atoms with Crippen LogP contribution in [0.25, 0.3) is 0 Å². The first-order chi connectivity index (χ1) is 10.5. The van der Waals surface area contributed by atoms with Crippen molar-refractivity contribution >= 4 is 23.7 Å². The lowest BCUT2D eigenvalue weighted by Crippen LogP contribution is -2.44. The van der Waals surface area contributed by atoms with Gasteiger partial charge in [-0.05, 0) is 31.2 Å². The summed E-state index contributed by atoms with van der Waals surface area (Å²) in [6, 6.07) is 4.82. The van der Waals surface area contributed by atoms with E-state index < -0.39 is 30.6 Å². The van der Waals surface area contributed by atoms with Gasteiger partial charge in [0.25, 0.3) is 5.91 Å². The zero-order chi connectivity index (χ0) is 16.5. The average Bonchev–Trinajstić information content (AvgIpc) is 2.52. The largest absolute Gasteiger partial charge is 0.467 e. The van der Waals surface area contributed by atoms with Gasteiger partial charge in [-0.25, -0.2) is 9.59 Å². The smallest absolute Gasteiger partial charge is 0.411 e. The summed E-state index contributed by atoms with van der Waals surface area (Å²) in [5.74, 6) is -1.29. The first-order valence-corrected chi connectivity index (χ1v) is 6.55. The van der Waals surface area contributed by atoms with Crippen LogP contribution in [-0.4, -0.2) is 49.4 Å². The Labute approximate surface area is 127 Å². The first-order valence-electron chi connectivity index (χ1n) is 6.55. The summed E-state index contributed by atoms with van der Waals surface area (Å²) in [4.78, 5) is 34.4. The van der Waals surface area contributed by atoms with E-state index in [2.05, 4.69) is 15.4 Å². The van der Waals surface area contributed by atoms with E-state index in [1.807, 2.05) is 0 Å². The second-order valence-electron chi connectivity index (χ2n) is 4.15. The van der Waals surface area contributed by atoms with Crippen LogP contribution in [0.5, 0.6) is 0 Å². The lowest BCUT2D eigenvalue weighted by atomic mass is 10.2. The molecule has 0 spiro atoms. The molecule has 0 saturated carbocycles. The summed E-state index contributed by atoms with van der Waals surface area (Å²) >= 11 is 0. The van der Waals surface area contributed by atoms with Crippen LogP contribution >= 0.6 is 0 Å². The number of methoxy groups -OCH3 is 1. The molecular formula is C14H18N2O6. The molecule has 22 heavy (non-hydrogen) atoms. The number of carbonyl (C=O) groups is 3. The van der Waals surface area contributed by atoms with E-state index >= 15 is 0 Å². The molecule has 3 N–H and O–H groups in total. The number of hydrogen-bond donors (Lipinski definition) is 3. The van der Waals surface area contributed by atoms with Gasteiger partial charge < -0.3 is 19.9 Å². The number of esters is 1. The van der Waals surface area contributed by atoms with Crippen LogP contribution < -0.4 is 10.6 Å². The molecular weight excluding hydrogens is 292 g/mol. The Bertz CT molecular complexity index is 529. The van der Waals surface area contributed by atoms with Crippen molar-refractivity contribution < 1.29 is 29.0 Å². The number of rotatable bonds is 6. The summed E-state index contributed by atoms with van der Waals surface area (Å²) < 4.78 is 9.17. The fourth-order valence-corrected chi connectivity index (χ4v) is 1.55. The van der Waals surface area contributed by atoms with Gasteiger partial charge in [0.2, 0.25) is 0 Å². The van der Waals surface area contributed by atoms with Crippen molar-refractivity contribution in [2.24, 2.45) is 0 Å². The molecule has 2 amide bonds. The van der Waals surface area contributed by atoms with Crippen molar-refractivity contribution in [2.45, 2.75) is 13.0 Å². The van der Waals surface area contributed by atoms with Crippen LogP contribution in [0.4, 0.5) is 10.5 Å². The van der Waals surface area contributed by atoms with Gasteiger partial charge in [-0.15, -0.1) is 0 Å². The fraction of sp³-hybridized carbons (Fsp3) is 0.357. The lowest BCUT2D eigenvalue weighted by molar-refractivity contribution is -0.143. The molecule has 0 saturated heterocycles. The Hall–Kier alpha value is -2.61. The van der Waals surface area contributed by atoms with Crippen molar-refractivity contribution in [3.8, 4) is 0 Å². The van der Waals surface area contributed by atoms with Gasteiger partial charge in [0.1, 0.15) is 0 Å². The number of anilines is 1. The quantitative estimate of drug-likeness (QED) is 0.660. The third-order valence-corrected chi connectivity index (χ3v) is 2.64. The first kappa shape index (κ1) is 17.4. The standard InChI is InChI=1S/C14H18N2O6/c1-3-22-14(20)15-10-6-4-9(5-7-10)12(18)16-11(8-17)13(19)21-2/h4-7,11,17H,3,8H2,1-2H3,(H,15,20)(H,16,18)/t11-/m0/s1. The van der Waals surface area contributed by atoms with E-state index in [1.54, 1.807) is 6.92 Å². The van der Waals surface area contributed by atoms with E-state index in [0.717, 1.165) is 7.11 Å². The van der Waals surface area contributed by atoms with Crippen LogP contribution in [0.15, 0.2) is 24.3 Å². The van der Waals surface area contributed by atoms with Gasteiger partial charge in [-0.2, -0.15) is 0 Å². The minimum Gasteiger partial charge on any atom is -0.467 e. The van der Waals surface area contributed by atoms with Gasteiger partial charge in [-0.3, -0.25) is 10.1 Å². The molecule has 0 fully saturated rings. The second-order valence-corrected chi connectivity index (χ2v) is 4.15. The predicted octanol–water partition coefficient (Wildman–Crippen LogP) is 0.519. The fourth-order valence-electron chi connectivity index (χ4n) is 1.55. The Morgan fingerprint density at radius 1 is 1.23 bits per heavy atom. The zero-order valence-electron chi connectivity index (χ0n) is 12.3. The number of aliphatic hydroxyl groups excluding tert-OH is 1. The Morgan fingerprint density at radius 2 is 1.86 bits per heavy atom. The molecule has 8 nitrogen and oxygen atoms in total. The Morgan fingerprint density at radius 3 is 2.36 bits per heavy atom. The van der Waals surface area contributed by atoms with Crippen molar-refractivity contribution in [3.05, 3.63) is 29.8 Å². The third-order valence-electron chi connectivity index (χ3n) is 2.64. The molecule has 0 bridgehead atoms. The number of carbonyl (C=O) groups excluding carboxylic acids is 3. The predicted molar refractivity (Wildman–Crippen MR) is 77.4 cm³/mol. The SMILES string of the molecule is CCOC(=O)Nc1ccc(C(=O)N[C@@H](CO)C(=O)OC)cc1. The van der Waals surface area contributed by atoms with Gasteiger partial charge in [-0.1, -0.05) is 0 Å². The van der Waals surface area contributed by atoms with E-state index in [4.69, 9.17) is 9.84 Å². The minimum absolute atomic E-state index is 0.252. The van der Waals surface area contributed by atoms with E-state index in [9.17, 15) is 14.4 Å². The second kappa shape index (κ2) is 8.63. The van der Waals surface area contributed by atoms with Crippen molar-refractivity contribution in [1.82, 2.24) is 5.32 Å². The molecule has 1 aromatic rings. The summed E-state index contributed by atoms with van der Waals surface area (Å²) in [6.45, 7) is 1.37. The highest BCUT2D eigenvalue weighted by Gasteiger charge is 2.21. The molecule has 0 radical (unpaired) electrons. The summed E-state index contributed by atoms with van der Waals surface area (Å²) in [6.07, 6.45) is -0.592. The minimum atomic E-state index is -1.13. The third kappa shape index (κ3) is 5.06. The molecule has 1 aromatic carbocycles. The van der Waals surface area contributed by atoms with Crippen molar-refractivity contribution in [2.75, 3.05) is 25.6 Å². The number of aliphatic hydroxyl groups is 1. The van der Waals surface area contributed by atoms with Gasteiger partial charge in [0, 0.05) is 11.3 Å². The molecule has 0 aliphatic carbocycles. The highest BCUT2D eigenvalue weighted by Crippen LogP contribution is 2.10. The molecule has 0 aliphatic rings.